The molecule has 0 aromatic rings. The van der Waals surface area contributed by atoms with Crippen LogP contribution in [0, 0.1) is 0 Å². The highest BCUT2D eigenvalue weighted by Gasteiger charge is 2.13. The Morgan fingerprint density at radius 2 is 1.20 bits per heavy atom. The van der Waals surface area contributed by atoms with E-state index in [1.165, 1.54) is 12.5 Å². The molecule has 0 bridgehead atoms. The molecule has 6 nitrogen and oxygen atoms in total. The van der Waals surface area contributed by atoms with E-state index in [2.05, 4.69) is 0 Å². The lowest BCUT2D eigenvalue weighted by atomic mass is 10.4. The SMILES string of the molecule is CSC(=O)NC(=O)CC(=O)NC(=O)SC. The summed E-state index contributed by atoms with van der Waals surface area (Å²) in [7, 11) is 0. The van der Waals surface area contributed by atoms with E-state index in [1.807, 2.05) is 10.6 Å². The second kappa shape index (κ2) is 7.30. The van der Waals surface area contributed by atoms with Crippen LogP contribution in [0.1, 0.15) is 6.42 Å². The highest BCUT2D eigenvalue weighted by atomic mass is 32.2. The van der Waals surface area contributed by atoms with Crippen LogP contribution < -0.4 is 10.6 Å². The van der Waals surface area contributed by atoms with Crippen molar-refractivity contribution in [2.24, 2.45) is 0 Å². The largest absolute Gasteiger partial charge is 0.287 e. The third-order valence-corrected chi connectivity index (χ3v) is 2.12. The van der Waals surface area contributed by atoms with Crippen LogP contribution in [0.5, 0.6) is 0 Å². The number of hydrogen-bond acceptors (Lipinski definition) is 6. The zero-order valence-corrected chi connectivity index (χ0v) is 9.79. The first-order valence-corrected chi connectivity index (χ1v) is 6.20. The third-order valence-electron chi connectivity index (χ3n) is 1.17. The Morgan fingerprint density at radius 1 is 0.867 bits per heavy atom. The minimum absolute atomic E-state index is 0.538. The summed E-state index contributed by atoms with van der Waals surface area (Å²) in [6, 6.07) is 0. The second-order valence-corrected chi connectivity index (χ2v) is 3.81. The lowest BCUT2D eigenvalue weighted by Gasteiger charge is -2.02. The molecule has 0 radical (unpaired) electrons. The first kappa shape index (κ1) is 14.0. The van der Waals surface area contributed by atoms with Crippen LogP contribution in [0.15, 0.2) is 0 Å². The molecule has 0 saturated heterocycles. The first-order valence-electron chi connectivity index (χ1n) is 3.75. The topological polar surface area (TPSA) is 92.3 Å². The zero-order chi connectivity index (χ0) is 11.8. The molecule has 0 aliphatic rings. The molecule has 84 valence electrons. The standard InChI is InChI=1S/C7H10N2O4S2/c1-14-6(12)8-4(10)3-5(11)9-7(13)15-2/h3H2,1-2H3,(H,8,10,12)(H,9,11,13). The van der Waals surface area contributed by atoms with Crippen molar-refractivity contribution in [1.29, 1.82) is 0 Å². The molecule has 0 unspecified atom stereocenters. The fourth-order valence-corrected chi connectivity index (χ4v) is 0.996. The maximum absolute atomic E-state index is 11.0. The molecule has 4 amide bonds. The van der Waals surface area contributed by atoms with Gasteiger partial charge in [0, 0.05) is 0 Å². The lowest BCUT2D eigenvalue weighted by molar-refractivity contribution is -0.127. The van der Waals surface area contributed by atoms with Gasteiger partial charge < -0.3 is 0 Å². The normalized spacial score (nSPS) is 9.20. The van der Waals surface area contributed by atoms with Gasteiger partial charge in [0.15, 0.2) is 0 Å². The maximum Gasteiger partial charge on any atom is 0.285 e. The van der Waals surface area contributed by atoms with Crippen molar-refractivity contribution in [3.63, 3.8) is 0 Å². The summed E-state index contributed by atoms with van der Waals surface area (Å²) in [6.45, 7) is 0. The Bertz CT molecular complexity index is 265. The number of imide groups is 2. The van der Waals surface area contributed by atoms with Gasteiger partial charge in [0.1, 0.15) is 6.42 Å². The van der Waals surface area contributed by atoms with Gasteiger partial charge in [0.05, 0.1) is 0 Å². The quantitative estimate of drug-likeness (QED) is 0.696. The summed E-state index contributed by atoms with van der Waals surface area (Å²) in [6.07, 6.45) is 2.46. The van der Waals surface area contributed by atoms with Crippen LogP contribution in [-0.4, -0.2) is 34.8 Å². The summed E-state index contributed by atoms with van der Waals surface area (Å²) >= 11 is 1.65. The Balaban J connectivity index is 3.92. The van der Waals surface area contributed by atoms with Crippen LogP contribution in [0.3, 0.4) is 0 Å². The predicted molar refractivity (Wildman–Crippen MR) is 58.7 cm³/mol. The molecule has 0 aromatic heterocycles. The number of rotatable bonds is 2. The second-order valence-electron chi connectivity index (χ2n) is 2.26. The van der Waals surface area contributed by atoms with Crippen molar-refractivity contribution in [2.75, 3.05) is 12.5 Å². The van der Waals surface area contributed by atoms with Crippen molar-refractivity contribution in [2.45, 2.75) is 6.42 Å². The zero-order valence-electron chi connectivity index (χ0n) is 8.16. The molecule has 0 aliphatic carbocycles. The van der Waals surface area contributed by atoms with Gasteiger partial charge in [-0.3, -0.25) is 29.8 Å². The number of nitrogens with one attached hydrogen (secondary N) is 2. The van der Waals surface area contributed by atoms with Crippen molar-refractivity contribution in [1.82, 2.24) is 10.6 Å². The van der Waals surface area contributed by atoms with Crippen LogP contribution in [0.25, 0.3) is 0 Å². The molecule has 15 heavy (non-hydrogen) atoms. The van der Waals surface area contributed by atoms with Gasteiger partial charge in [-0.1, -0.05) is 23.5 Å². The van der Waals surface area contributed by atoms with Gasteiger partial charge >= 0.3 is 0 Å². The minimum atomic E-state index is -0.735. The van der Waals surface area contributed by atoms with Gasteiger partial charge in [-0.25, -0.2) is 0 Å². The molecule has 0 rings (SSSR count). The average molecular weight is 250 g/mol. The molecular weight excluding hydrogens is 240 g/mol. The van der Waals surface area contributed by atoms with Gasteiger partial charge in [-0.15, -0.1) is 0 Å². The van der Waals surface area contributed by atoms with Crippen LogP contribution in [-0.2, 0) is 9.59 Å². The summed E-state index contributed by atoms with van der Waals surface area (Å²) in [5.41, 5.74) is 0. The van der Waals surface area contributed by atoms with Crippen molar-refractivity contribution < 1.29 is 19.2 Å². The number of thioether (sulfide) groups is 2. The lowest BCUT2D eigenvalue weighted by Crippen LogP contribution is -2.34. The molecule has 0 aromatic carbocycles. The van der Waals surface area contributed by atoms with Gasteiger partial charge in [-0.05, 0) is 12.5 Å². The molecule has 0 aliphatic heterocycles. The molecule has 2 N–H and O–H groups in total. The summed E-state index contributed by atoms with van der Waals surface area (Å²) in [4.78, 5) is 43.4. The Hall–Kier alpha value is -1.02. The molecule has 8 heteroatoms. The molecule has 0 fully saturated rings. The first-order chi connectivity index (χ1) is 6.99. The molecule has 0 saturated carbocycles. The van der Waals surface area contributed by atoms with Crippen molar-refractivity contribution >= 4 is 45.8 Å². The van der Waals surface area contributed by atoms with Crippen LogP contribution in [0.2, 0.25) is 0 Å². The van der Waals surface area contributed by atoms with E-state index in [4.69, 9.17) is 0 Å². The van der Waals surface area contributed by atoms with Crippen molar-refractivity contribution in [3.05, 3.63) is 0 Å². The highest BCUT2D eigenvalue weighted by molar-refractivity contribution is 8.13. The van der Waals surface area contributed by atoms with E-state index < -0.39 is 28.7 Å². The van der Waals surface area contributed by atoms with Crippen LogP contribution >= 0.6 is 23.5 Å². The van der Waals surface area contributed by atoms with Gasteiger partial charge in [0.25, 0.3) is 10.5 Å². The Labute approximate surface area is 94.9 Å². The summed E-state index contributed by atoms with van der Waals surface area (Å²) in [5.74, 6) is -1.47. The fraction of sp³-hybridized carbons (Fsp3) is 0.429. The Morgan fingerprint density at radius 3 is 1.47 bits per heavy atom. The molecular formula is C7H10N2O4S2. The number of hydrogen-bond donors (Lipinski definition) is 2. The van der Waals surface area contributed by atoms with E-state index in [0.29, 0.717) is 0 Å². The molecule has 0 spiro atoms. The Kier molecular flexibility index (Phi) is 6.80. The highest BCUT2D eigenvalue weighted by Crippen LogP contribution is 1.95. The van der Waals surface area contributed by atoms with Crippen molar-refractivity contribution in [3.8, 4) is 0 Å². The third kappa shape index (κ3) is 6.97. The smallest absolute Gasteiger partial charge is 0.285 e. The van der Waals surface area contributed by atoms with Gasteiger partial charge in [-0.2, -0.15) is 0 Å². The molecule has 0 atom stereocenters. The van der Waals surface area contributed by atoms with Gasteiger partial charge in [0.2, 0.25) is 11.8 Å². The number of carbonyl (C=O) groups excluding carboxylic acids is 4. The van der Waals surface area contributed by atoms with E-state index in [0.717, 1.165) is 23.5 Å². The number of carbonyl (C=O) groups is 4. The van der Waals surface area contributed by atoms with E-state index >= 15 is 0 Å². The minimum Gasteiger partial charge on any atom is -0.287 e. The summed E-state index contributed by atoms with van der Waals surface area (Å²) < 4.78 is 0. The number of amides is 4. The van der Waals surface area contributed by atoms with E-state index in [9.17, 15) is 19.2 Å². The summed E-state index contributed by atoms with van der Waals surface area (Å²) in [5, 5.41) is 2.84. The monoisotopic (exact) mass is 250 g/mol. The fourth-order valence-electron chi connectivity index (χ4n) is 0.564. The van der Waals surface area contributed by atoms with E-state index in [1.54, 1.807) is 0 Å². The maximum atomic E-state index is 11.0. The predicted octanol–water partition coefficient (Wildman–Crippen LogP) is 0.575. The molecule has 0 heterocycles. The average Bonchev–Trinajstić information content (AvgIpc) is 2.16. The van der Waals surface area contributed by atoms with E-state index in [-0.39, 0.29) is 0 Å². The van der Waals surface area contributed by atoms with Crippen LogP contribution in [0.4, 0.5) is 9.59 Å².